The molecule has 132 valence electrons. The van der Waals surface area contributed by atoms with Gasteiger partial charge in [-0.1, -0.05) is 18.2 Å². The molecule has 2 amide bonds. The largest absolute Gasteiger partial charge is 0.462 e. The summed E-state index contributed by atoms with van der Waals surface area (Å²) < 4.78 is 5.08. The molecule has 0 bridgehead atoms. The number of hydrogen-bond donors (Lipinski definition) is 1. The minimum atomic E-state index is -0.558. The summed E-state index contributed by atoms with van der Waals surface area (Å²) in [7, 11) is 3.27. The van der Waals surface area contributed by atoms with E-state index in [4.69, 9.17) is 4.74 Å². The number of esters is 1. The first-order valence-electron chi connectivity index (χ1n) is 7.75. The molecular formula is C18H20N2O4S. The predicted molar refractivity (Wildman–Crippen MR) is 97.4 cm³/mol. The molecule has 2 aromatic rings. The molecule has 0 unspecified atom stereocenters. The van der Waals surface area contributed by atoms with Gasteiger partial charge in [-0.15, -0.1) is 11.3 Å². The summed E-state index contributed by atoms with van der Waals surface area (Å²) >= 11 is 1.08. The molecule has 0 saturated carbocycles. The van der Waals surface area contributed by atoms with Crippen LogP contribution in [0, 0.1) is 6.92 Å². The fourth-order valence-electron chi connectivity index (χ4n) is 2.22. The number of carbonyl (C=O) groups excluding carboxylic acids is 3. The summed E-state index contributed by atoms with van der Waals surface area (Å²) in [5.74, 6) is -1.14. The zero-order chi connectivity index (χ0) is 18.6. The molecule has 0 fully saturated rings. The standard InChI is InChI=1S/C18H20N2O4S/c1-5-24-18(23)13-11(2)14(17(22)20(3)4)25-16(13)19-15(21)12-9-7-6-8-10-12/h6-10H,5H2,1-4H3,(H,19,21). The van der Waals surface area contributed by atoms with Crippen molar-refractivity contribution >= 4 is 34.1 Å². The van der Waals surface area contributed by atoms with Gasteiger partial charge < -0.3 is 15.0 Å². The van der Waals surface area contributed by atoms with E-state index in [-0.39, 0.29) is 24.0 Å². The van der Waals surface area contributed by atoms with Crippen molar-refractivity contribution in [3.05, 3.63) is 51.9 Å². The van der Waals surface area contributed by atoms with E-state index >= 15 is 0 Å². The second-order valence-electron chi connectivity index (χ2n) is 5.50. The topological polar surface area (TPSA) is 75.7 Å². The van der Waals surface area contributed by atoms with E-state index in [1.807, 2.05) is 6.07 Å². The number of nitrogens with one attached hydrogen (secondary N) is 1. The molecule has 2 rings (SSSR count). The van der Waals surface area contributed by atoms with Crippen LogP contribution in [-0.4, -0.2) is 43.4 Å². The molecule has 0 aliphatic carbocycles. The van der Waals surface area contributed by atoms with Crippen LogP contribution in [0.3, 0.4) is 0 Å². The van der Waals surface area contributed by atoms with Gasteiger partial charge in [0.05, 0.1) is 17.0 Å². The number of anilines is 1. The maximum Gasteiger partial charge on any atom is 0.341 e. The van der Waals surface area contributed by atoms with Gasteiger partial charge in [0.1, 0.15) is 5.00 Å². The molecule has 0 spiro atoms. The van der Waals surface area contributed by atoms with Crippen molar-refractivity contribution in [3.8, 4) is 0 Å². The van der Waals surface area contributed by atoms with Crippen molar-refractivity contribution in [1.82, 2.24) is 4.90 Å². The lowest BCUT2D eigenvalue weighted by Gasteiger charge is -2.09. The smallest absolute Gasteiger partial charge is 0.341 e. The van der Waals surface area contributed by atoms with Gasteiger partial charge in [-0.05, 0) is 31.5 Å². The van der Waals surface area contributed by atoms with Gasteiger partial charge >= 0.3 is 5.97 Å². The first-order chi connectivity index (χ1) is 11.9. The van der Waals surface area contributed by atoms with Crippen LogP contribution in [0.15, 0.2) is 30.3 Å². The molecule has 1 aromatic carbocycles. The lowest BCUT2D eigenvalue weighted by molar-refractivity contribution is 0.0527. The number of hydrogen-bond acceptors (Lipinski definition) is 5. The second kappa shape index (κ2) is 7.94. The number of carbonyl (C=O) groups is 3. The number of rotatable bonds is 5. The highest BCUT2D eigenvalue weighted by atomic mass is 32.1. The Bertz CT molecular complexity index is 797. The molecule has 0 aliphatic rings. The van der Waals surface area contributed by atoms with E-state index in [0.717, 1.165) is 11.3 Å². The predicted octanol–water partition coefficient (Wildman–Crippen LogP) is 3.19. The molecule has 1 heterocycles. The maximum absolute atomic E-state index is 12.4. The summed E-state index contributed by atoms with van der Waals surface area (Å²) in [5, 5.41) is 3.04. The van der Waals surface area contributed by atoms with Crippen LogP contribution < -0.4 is 5.32 Å². The van der Waals surface area contributed by atoms with Crippen LogP contribution in [0.1, 0.15) is 42.9 Å². The zero-order valence-corrected chi connectivity index (χ0v) is 15.4. The quantitative estimate of drug-likeness (QED) is 0.831. The second-order valence-corrected chi connectivity index (χ2v) is 6.52. The summed E-state index contributed by atoms with van der Waals surface area (Å²) in [4.78, 5) is 38.9. The van der Waals surface area contributed by atoms with Gasteiger partial charge in [-0.3, -0.25) is 9.59 Å². The lowest BCUT2D eigenvalue weighted by atomic mass is 10.1. The Morgan fingerprint density at radius 1 is 1.16 bits per heavy atom. The van der Waals surface area contributed by atoms with Crippen molar-refractivity contribution < 1.29 is 19.1 Å². The first kappa shape index (κ1) is 18.7. The molecule has 0 saturated heterocycles. The normalized spacial score (nSPS) is 10.2. The van der Waals surface area contributed by atoms with E-state index < -0.39 is 5.97 Å². The fourth-order valence-corrected chi connectivity index (χ4v) is 3.43. The molecule has 0 aliphatic heterocycles. The van der Waals surface area contributed by atoms with Gasteiger partial charge in [-0.2, -0.15) is 0 Å². The van der Waals surface area contributed by atoms with E-state index in [0.29, 0.717) is 21.0 Å². The van der Waals surface area contributed by atoms with Crippen molar-refractivity contribution in [3.63, 3.8) is 0 Å². The number of benzene rings is 1. The Balaban J connectivity index is 2.44. The van der Waals surface area contributed by atoms with Crippen LogP contribution in [0.4, 0.5) is 5.00 Å². The van der Waals surface area contributed by atoms with Crippen LogP contribution >= 0.6 is 11.3 Å². The monoisotopic (exact) mass is 360 g/mol. The summed E-state index contributed by atoms with van der Waals surface area (Å²) in [6, 6.07) is 8.66. The average molecular weight is 360 g/mol. The van der Waals surface area contributed by atoms with Crippen LogP contribution in [0.5, 0.6) is 0 Å². The van der Waals surface area contributed by atoms with Crippen molar-refractivity contribution in [2.24, 2.45) is 0 Å². The third kappa shape index (κ3) is 4.06. The molecule has 1 N–H and O–H groups in total. The van der Waals surface area contributed by atoms with E-state index in [1.54, 1.807) is 52.2 Å². The van der Waals surface area contributed by atoms with Gasteiger partial charge in [0.15, 0.2) is 0 Å². The Labute approximate surface area is 150 Å². The highest BCUT2D eigenvalue weighted by Gasteiger charge is 2.27. The molecule has 1 aromatic heterocycles. The highest BCUT2D eigenvalue weighted by molar-refractivity contribution is 7.18. The molecular weight excluding hydrogens is 340 g/mol. The van der Waals surface area contributed by atoms with Crippen LogP contribution in [0.25, 0.3) is 0 Å². The molecule has 0 radical (unpaired) electrons. The minimum absolute atomic E-state index is 0.206. The Hall–Kier alpha value is -2.67. The Morgan fingerprint density at radius 3 is 2.36 bits per heavy atom. The van der Waals surface area contributed by atoms with Gasteiger partial charge in [0, 0.05) is 19.7 Å². The third-order valence-electron chi connectivity index (χ3n) is 3.49. The Morgan fingerprint density at radius 2 is 1.80 bits per heavy atom. The van der Waals surface area contributed by atoms with E-state index in [2.05, 4.69) is 5.32 Å². The van der Waals surface area contributed by atoms with Crippen molar-refractivity contribution in [2.45, 2.75) is 13.8 Å². The maximum atomic E-state index is 12.4. The van der Waals surface area contributed by atoms with Gasteiger partial charge in [0.25, 0.3) is 11.8 Å². The third-order valence-corrected chi connectivity index (χ3v) is 4.69. The SMILES string of the molecule is CCOC(=O)c1c(NC(=O)c2ccccc2)sc(C(=O)N(C)C)c1C. The number of nitrogens with zero attached hydrogens (tertiary/aromatic N) is 1. The number of amides is 2. The lowest BCUT2D eigenvalue weighted by Crippen LogP contribution is -2.21. The van der Waals surface area contributed by atoms with Gasteiger partial charge in [0.2, 0.25) is 0 Å². The molecule has 6 nitrogen and oxygen atoms in total. The summed E-state index contributed by atoms with van der Waals surface area (Å²) in [6.45, 7) is 3.59. The molecule has 25 heavy (non-hydrogen) atoms. The number of thiophene rings is 1. The van der Waals surface area contributed by atoms with Crippen molar-refractivity contribution in [2.75, 3.05) is 26.0 Å². The first-order valence-corrected chi connectivity index (χ1v) is 8.57. The summed E-state index contributed by atoms with van der Waals surface area (Å²) in [5.41, 5.74) is 1.19. The zero-order valence-electron chi connectivity index (χ0n) is 14.6. The highest BCUT2D eigenvalue weighted by Crippen LogP contribution is 2.34. The van der Waals surface area contributed by atoms with E-state index in [9.17, 15) is 14.4 Å². The average Bonchev–Trinajstić information content (AvgIpc) is 2.91. The Kier molecular flexibility index (Phi) is 5.93. The molecule has 0 atom stereocenters. The minimum Gasteiger partial charge on any atom is -0.462 e. The fraction of sp³-hybridized carbons (Fsp3) is 0.278. The van der Waals surface area contributed by atoms with Crippen LogP contribution in [0.2, 0.25) is 0 Å². The van der Waals surface area contributed by atoms with E-state index in [1.165, 1.54) is 4.90 Å². The van der Waals surface area contributed by atoms with Crippen LogP contribution in [-0.2, 0) is 4.74 Å². The van der Waals surface area contributed by atoms with Crippen molar-refractivity contribution in [1.29, 1.82) is 0 Å². The molecule has 7 heteroatoms. The summed E-state index contributed by atoms with van der Waals surface area (Å²) in [6.07, 6.45) is 0. The van der Waals surface area contributed by atoms with Gasteiger partial charge in [-0.25, -0.2) is 4.79 Å². The number of ether oxygens (including phenoxy) is 1.